The van der Waals surface area contributed by atoms with E-state index in [-0.39, 0.29) is 16.4 Å². The molecule has 0 unspecified atom stereocenters. The predicted octanol–water partition coefficient (Wildman–Crippen LogP) is 1.11. The zero-order chi connectivity index (χ0) is 14.0. The number of carbonyl (C=O) groups excluding carboxylic acids is 1. The Kier molecular flexibility index (Phi) is 3.48. The van der Waals surface area contributed by atoms with E-state index < -0.39 is 23.0 Å². The Bertz CT molecular complexity index is 705. The molecule has 8 heteroatoms. The highest BCUT2D eigenvalue weighted by Gasteiger charge is 2.16. The van der Waals surface area contributed by atoms with Crippen molar-refractivity contribution in [2.75, 3.05) is 5.32 Å². The molecule has 0 radical (unpaired) electrons. The van der Waals surface area contributed by atoms with Gasteiger partial charge in [-0.1, -0.05) is 17.7 Å². The Morgan fingerprint density at radius 2 is 2.00 bits per heavy atom. The summed E-state index contributed by atoms with van der Waals surface area (Å²) in [6, 6.07) is 4.72. The van der Waals surface area contributed by atoms with Gasteiger partial charge in [-0.3, -0.25) is 19.6 Å². The second-order valence-electron chi connectivity index (χ2n) is 3.55. The average molecular weight is 284 g/mol. The molecule has 1 aromatic heterocycles. The SMILES string of the molecule is O=C(Nc1cc(=O)[nH]c(=O)[nH]1)c1c(F)cccc1Cl. The average Bonchev–Trinajstić information content (AvgIpc) is 2.26. The molecule has 1 aromatic carbocycles. The molecule has 0 fully saturated rings. The first-order valence-corrected chi connectivity index (χ1v) is 5.44. The fourth-order valence-electron chi connectivity index (χ4n) is 1.44. The van der Waals surface area contributed by atoms with Gasteiger partial charge in [0.15, 0.2) is 0 Å². The Morgan fingerprint density at radius 3 is 2.63 bits per heavy atom. The van der Waals surface area contributed by atoms with Crippen molar-refractivity contribution < 1.29 is 9.18 Å². The summed E-state index contributed by atoms with van der Waals surface area (Å²) in [5, 5.41) is 2.10. The van der Waals surface area contributed by atoms with Crippen LogP contribution in [0.4, 0.5) is 10.2 Å². The summed E-state index contributed by atoms with van der Waals surface area (Å²) >= 11 is 5.71. The third-order valence-electron chi connectivity index (χ3n) is 2.20. The highest BCUT2D eigenvalue weighted by atomic mass is 35.5. The molecule has 0 aliphatic heterocycles. The van der Waals surface area contributed by atoms with Crippen LogP contribution in [-0.4, -0.2) is 15.9 Å². The highest BCUT2D eigenvalue weighted by Crippen LogP contribution is 2.19. The fourth-order valence-corrected chi connectivity index (χ4v) is 1.68. The molecule has 1 heterocycles. The molecule has 0 bridgehead atoms. The van der Waals surface area contributed by atoms with E-state index in [0.717, 1.165) is 12.1 Å². The molecular formula is C11H7ClFN3O3. The maximum Gasteiger partial charge on any atom is 0.327 e. The van der Waals surface area contributed by atoms with E-state index in [0.29, 0.717) is 0 Å². The lowest BCUT2D eigenvalue weighted by Gasteiger charge is -2.06. The number of nitrogens with one attached hydrogen (secondary N) is 3. The van der Waals surface area contributed by atoms with Crippen molar-refractivity contribution in [3.05, 3.63) is 61.5 Å². The Balaban J connectivity index is 2.36. The lowest BCUT2D eigenvalue weighted by molar-refractivity contribution is 0.102. The molecular weight excluding hydrogens is 277 g/mol. The van der Waals surface area contributed by atoms with Crippen LogP contribution in [0.3, 0.4) is 0 Å². The van der Waals surface area contributed by atoms with Crippen LogP contribution in [0.5, 0.6) is 0 Å². The number of amides is 1. The Labute approximate surface area is 110 Å². The van der Waals surface area contributed by atoms with E-state index in [4.69, 9.17) is 11.6 Å². The molecule has 0 atom stereocenters. The van der Waals surface area contributed by atoms with Crippen molar-refractivity contribution in [1.29, 1.82) is 0 Å². The molecule has 0 aliphatic rings. The van der Waals surface area contributed by atoms with Gasteiger partial charge in [-0.25, -0.2) is 9.18 Å². The van der Waals surface area contributed by atoms with Crippen LogP contribution in [0.2, 0.25) is 5.02 Å². The van der Waals surface area contributed by atoms with Gasteiger partial charge in [0, 0.05) is 6.07 Å². The zero-order valence-corrected chi connectivity index (χ0v) is 10.0. The van der Waals surface area contributed by atoms with E-state index in [1.165, 1.54) is 12.1 Å². The summed E-state index contributed by atoms with van der Waals surface area (Å²) < 4.78 is 13.5. The number of carbonyl (C=O) groups is 1. The summed E-state index contributed by atoms with van der Waals surface area (Å²) in [6.07, 6.45) is 0. The molecule has 6 nitrogen and oxygen atoms in total. The molecule has 1 amide bonds. The Hall–Kier alpha value is -2.41. The molecule has 19 heavy (non-hydrogen) atoms. The molecule has 3 N–H and O–H groups in total. The molecule has 98 valence electrons. The van der Waals surface area contributed by atoms with Crippen LogP contribution in [-0.2, 0) is 0 Å². The number of rotatable bonds is 2. The molecule has 2 rings (SSSR count). The van der Waals surface area contributed by atoms with Crippen LogP contribution in [0.15, 0.2) is 33.9 Å². The number of halogens is 2. The van der Waals surface area contributed by atoms with Gasteiger partial charge in [0.05, 0.1) is 10.6 Å². The van der Waals surface area contributed by atoms with Gasteiger partial charge in [-0.15, -0.1) is 0 Å². The maximum absolute atomic E-state index is 13.5. The third kappa shape index (κ3) is 2.89. The second kappa shape index (κ2) is 5.07. The summed E-state index contributed by atoms with van der Waals surface area (Å²) in [4.78, 5) is 38.0. The van der Waals surface area contributed by atoms with Crippen LogP contribution in [0.1, 0.15) is 10.4 Å². The number of anilines is 1. The second-order valence-corrected chi connectivity index (χ2v) is 3.96. The van der Waals surface area contributed by atoms with E-state index >= 15 is 0 Å². The molecule has 0 aliphatic carbocycles. The number of hydrogen-bond acceptors (Lipinski definition) is 3. The molecule has 2 aromatic rings. The zero-order valence-electron chi connectivity index (χ0n) is 9.29. The van der Waals surface area contributed by atoms with Crippen molar-refractivity contribution in [3.63, 3.8) is 0 Å². The lowest BCUT2D eigenvalue weighted by Crippen LogP contribution is -2.25. The number of benzene rings is 1. The van der Waals surface area contributed by atoms with Crippen molar-refractivity contribution in [3.8, 4) is 0 Å². The smallest absolute Gasteiger partial charge is 0.308 e. The minimum Gasteiger partial charge on any atom is -0.308 e. The number of hydrogen-bond donors (Lipinski definition) is 3. The van der Waals surface area contributed by atoms with E-state index in [1.54, 1.807) is 0 Å². The summed E-state index contributed by atoms with van der Waals surface area (Å²) in [7, 11) is 0. The molecule has 0 saturated heterocycles. The molecule has 0 saturated carbocycles. The van der Waals surface area contributed by atoms with Crippen molar-refractivity contribution in [2.24, 2.45) is 0 Å². The van der Waals surface area contributed by atoms with Gasteiger partial charge >= 0.3 is 5.69 Å². The first kappa shape index (κ1) is 13.0. The van der Waals surface area contributed by atoms with Gasteiger partial charge in [0.25, 0.3) is 11.5 Å². The predicted molar refractivity (Wildman–Crippen MR) is 67.0 cm³/mol. The minimum absolute atomic E-state index is 0.0790. The third-order valence-corrected chi connectivity index (χ3v) is 2.51. The fraction of sp³-hybridized carbons (Fsp3) is 0. The van der Waals surface area contributed by atoms with Gasteiger partial charge in [0.2, 0.25) is 0 Å². The summed E-state index contributed by atoms with van der Waals surface area (Å²) in [5.74, 6) is -1.83. The van der Waals surface area contributed by atoms with Gasteiger partial charge in [0.1, 0.15) is 11.6 Å². The number of aromatic amines is 2. The van der Waals surface area contributed by atoms with Crippen molar-refractivity contribution in [2.45, 2.75) is 0 Å². The monoisotopic (exact) mass is 283 g/mol. The Morgan fingerprint density at radius 1 is 1.26 bits per heavy atom. The number of aromatic nitrogens is 2. The van der Waals surface area contributed by atoms with Gasteiger partial charge in [-0.2, -0.15) is 0 Å². The van der Waals surface area contributed by atoms with Gasteiger partial charge < -0.3 is 5.32 Å². The van der Waals surface area contributed by atoms with Crippen LogP contribution < -0.4 is 16.6 Å². The standard InChI is InChI=1S/C11H7ClFN3O3/c12-5-2-1-3-6(13)9(5)10(18)14-7-4-8(17)16-11(19)15-7/h1-4H,(H3,14,15,16,17,18,19). The molecule has 0 spiro atoms. The van der Waals surface area contributed by atoms with Crippen molar-refractivity contribution >= 4 is 23.3 Å². The topological polar surface area (TPSA) is 94.8 Å². The lowest BCUT2D eigenvalue weighted by atomic mass is 10.2. The minimum atomic E-state index is -0.871. The summed E-state index contributed by atoms with van der Waals surface area (Å²) in [6.45, 7) is 0. The highest BCUT2D eigenvalue weighted by molar-refractivity contribution is 6.34. The van der Waals surface area contributed by atoms with E-state index in [2.05, 4.69) is 10.3 Å². The van der Waals surface area contributed by atoms with E-state index in [9.17, 15) is 18.8 Å². The summed E-state index contributed by atoms with van der Waals surface area (Å²) in [5.41, 5.74) is -1.86. The quantitative estimate of drug-likeness (QED) is 0.770. The largest absolute Gasteiger partial charge is 0.327 e. The van der Waals surface area contributed by atoms with Gasteiger partial charge in [-0.05, 0) is 12.1 Å². The van der Waals surface area contributed by atoms with Crippen LogP contribution in [0.25, 0.3) is 0 Å². The van der Waals surface area contributed by atoms with Crippen LogP contribution >= 0.6 is 11.6 Å². The first-order chi connectivity index (χ1) is 8.97. The van der Waals surface area contributed by atoms with Crippen LogP contribution in [0, 0.1) is 5.82 Å². The van der Waals surface area contributed by atoms with Crippen molar-refractivity contribution in [1.82, 2.24) is 9.97 Å². The normalized spacial score (nSPS) is 10.2. The number of H-pyrrole nitrogens is 2. The first-order valence-electron chi connectivity index (χ1n) is 5.06. The maximum atomic E-state index is 13.5. The van der Waals surface area contributed by atoms with E-state index in [1.807, 2.05) is 4.98 Å².